The van der Waals surface area contributed by atoms with Crippen molar-refractivity contribution in [1.82, 2.24) is 5.32 Å². The van der Waals surface area contributed by atoms with Crippen molar-refractivity contribution in [2.24, 2.45) is 0 Å². The second-order valence-corrected chi connectivity index (χ2v) is 4.54. The van der Waals surface area contributed by atoms with Crippen molar-refractivity contribution in [2.75, 3.05) is 7.11 Å². The summed E-state index contributed by atoms with van der Waals surface area (Å²) in [4.78, 5) is 11.7. The quantitative estimate of drug-likeness (QED) is 0.906. The molecule has 1 aliphatic heterocycles. The first kappa shape index (κ1) is 12.2. The average Bonchev–Trinajstić information content (AvgIpc) is 2.88. The number of rotatable bonds is 2. The van der Waals surface area contributed by atoms with Crippen LogP contribution in [0.4, 0.5) is 0 Å². The van der Waals surface area contributed by atoms with Crippen molar-refractivity contribution in [3.8, 4) is 22.9 Å². The van der Waals surface area contributed by atoms with Gasteiger partial charge in [0.2, 0.25) is 0 Å². The second kappa shape index (κ2) is 4.71. The predicted octanol–water partition coefficient (Wildman–Crippen LogP) is 2.48. The minimum atomic E-state index is -0.0581. The molecule has 1 N–H and O–H groups in total. The van der Waals surface area contributed by atoms with Crippen LogP contribution in [0.2, 0.25) is 0 Å². The molecule has 0 aromatic heterocycles. The molecule has 0 unspecified atom stereocenters. The number of nitrogens with zero attached hydrogens (tertiary/aromatic N) is 1. The summed E-state index contributed by atoms with van der Waals surface area (Å²) in [6, 6.07) is 13.0. The van der Waals surface area contributed by atoms with Crippen molar-refractivity contribution in [1.29, 1.82) is 5.26 Å². The fraction of sp³-hybridized carbons (Fsp3) is 0.125. The van der Waals surface area contributed by atoms with Gasteiger partial charge in [-0.15, -0.1) is 0 Å². The van der Waals surface area contributed by atoms with Crippen molar-refractivity contribution in [3.05, 3.63) is 53.1 Å². The van der Waals surface area contributed by atoms with Gasteiger partial charge in [-0.2, -0.15) is 5.26 Å². The number of hydrogen-bond donors (Lipinski definition) is 1. The molecule has 0 aliphatic carbocycles. The molecule has 1 amide bonds. The number of ether oxygens (including phenoxy) is 1. The SMILES string of the molecule is COc1ccc(C#N)cc1-c1cccc2c1CNC2=O. The van der Waals surface area contributed by atoms with Crippen LogP contribution in [0.25, 0.3) is 11.1 Å². The van der Waals surface area contributed by atoms with Crippen LogP contribution >= 0.6 is 0 Å². The van der Waals surface area contributed by atoms with E-state index in [4.69, 9.17) is 10.00 Å². The number of nitrogens with one attached hydrogen (secondary N) is 1. The van der Waals surface area contributed by atoms with Crippen molar-refractivity contribution >= 4 is 5.91 Å². The van der Waals surface area contributed by atoms with Gasteiger partial charge in [0.15, 0.2) is 0 Å². The van der Waals surface area contributed by atoms with Gasteiger partial charge < -0.3 is 10.1 Å². The first-order valence-corrected chi connectivity index (χ1v) is 6.23. The summed E-state index contributed by atoms with van der Waals surface area (Å²) >= 11 is 0. The standard InChI is InChI=1S/C16H12N2O2/c1-20-15-6-5-10(8-17)7-13(15)11-3-2-4-12-14(11)9-18-16(12)19/h2-7H,9H2,1H3,(H,18,19). The highest BCUT2D eigenvalue weighted by Crippen LogP contribution is 2.35. The van der Waals surface area contributed by atoms with E-state index in [-0.39, 0.29) is 5.91 Å². The topological polar surface area (TPSA) is 62.1 Å². The van der Waals surface area contributed by atoms with Gasteiger partial charge in [-0.3, -0.25) is 4.79 Å². The molecule has 98 valence electrons. The van der Waals surface area contributed by atoms with Crippen molar-refractivity contribution in [3.63, 3.8) is 0 Å². The van der Waals surface area contributed by atoms with Crippen molar-refractivity contribution in [2.45, 2.75) is 6.54 Å². The highest BCUT2D eigenvalue weighted by Gasteiger charge is 2.23. The van der Waals surface area contributed by atoms with Gasteiger partial charge in [0.05, 0.1) is 18.7 Å². The lowest BCUT2D eigenvalue weighted by molar-refractivity contribution is 0.0966. The molecule has 2 aromatic carbocycles. The maximum Gasteiger partial charge on any atom is 0.251 e. The molecule has 0 saturated carbocycles. The van der Waals surface area contributed by atoms with E-state index >= 15 is 0 Å². The predicted molar refractivity (Wildman–Crippen MR) is 74.3 cm³/mol. The Morgan fingerprint density at radius 2 is 2.00 bits per heavy atom. The van der Waals surface area contributed by atoms with Crippen LogP contribution in [0.1, 0.15) is 21.5 Å². The molecule has 0 fully saturated rings. The van der Waals surface area contributed by atoms with Crippen molar-refractivity contribution < 1.29 is 9.53 Å². The zero-order valence-electron chi connectivity index (χ0n) is 10.9. The van der Waals surface area contributed by atoms with E-state index in [1.54, 1.807) is 25.3 Å². The van der Waals surface area contributed by atoms with Crippen LogP contribution in [0.5, 0.6) is 5.75 Å². The molecule has 2 aromatic rings. The molecular formula is C16H12N2O2. The largest absolute Gasteiger partial charge is 0.496 e. The van der Waals surface area contributed by atoms with Gasteiger partial charge in [0, 0.05) is 17.7 Å². The van der Waals surface area contributed by atoms with E-state index in [9.17, 15) is 4.79 Å². The number of amides is 1. The number of fused-ring (bicyclic) bond motifs is 1. The third kappa shape index (κ3) is 1.81. The number of nitriles is 1. The summed E-state index contributed by atoms with van der Waals surface area (Å²) in [7, 11) is 1.59. The van der Waals surface area contributed by atoms with E-state index in [0.29, 0.717) is 23.4 Å². The Kier molecular flexibility index (Phi) is 2.88. The molecule has 4 heteroatoms. The van der Waals surface area contributed by atoms with Gasteiger partial charge in [-0.1, -0.05) is 12.1 Å². The number of benzene rings is 2. The molecular weight excluding hydrogens is 252 g/mol. The van der Waals surface area contributed by atoms with Gasteiger partial charge in [0.1, 0.15) is 5.75 Å². The molecule has 0 radical (unpaired) electrons. The summed E-state index contributed by atoms with van der Waals surface area (Å²) in [5.41, 5.74) is 3.96. The number of carbonyl (C=O) groups excluding carboxylic acids is 1. The van der Waals surface area contributed by atoms with Gasteiger partial charge >= 0.3 is 0 Å². The lowest BCUT2D eigenvalue weighted by Crippen LogP contribution is -2.12. The highest BCUT2D eigenvalue weighted by atomic mass is 16.5. The third-order valence-electron chi connectivity index (χ3n) is 3.47. The van der Waals surface area contributed by atoms with Crippen LogP contribution in [0, 0.1) is 11.3 Å². The van der Waals surface area contributed by atoms with E-state index < -0.39 is 0 Å². The normalized spacial score (nSPS) is 12.5. The summed E-state index contributed by atoms with van der Waals surface area (Å²) in [5.74, 6) is 0.633. The van der Waals surface area contributed by atoms with Crippen LogP contribution in [-0.2, 0) is 6.54 Å². The monoisotopic (exact) mass is 264 g/mol. The molecule has 4 nitrogen and oxygen atoms in total. The zero-order chi connectivity index (χ0) is 14.1. The van der Waals surface area contributed by atoms with Crippen LogP contribution < -0.4 is 10.1 Å². The summed E-state index contributed by atoms with van der Waals surface area (Å²) in [5, 5.41) is 11.9. The summed E-state index contributed by atoms with van der Waals surface area (Å²) in [6.07, 6.45) is 0. The summed E-state index contributed by atoms with van der Waals surface area (Å²) in [6.45, 7) is 0.504. The van der Waals surface area contributed by atoms with Crippen LogP contribution in [-0.4, -0.2) is 13.0 Å². The summed E-state index contributed by atoms with van der Waals surface area (Å²) < 4.78 is 5.37. The smallest absolute Gasteiger partial charge is 0.251 e. The molecule has 3 rings (SSSR count). The molecule has 0 bridgehead atoms. The first-order chi connectivity index (χ1) is 9.74. The highest BCUT2D eigenvalue weighted by molar-refractivity contribution is 6.00. The molecule has 0 atom stereocenters. The maximum atomic E-state index is 11.7. The Bertz CT molecular complexity index is 745. The van der Waals surface area contributed by atoms with Gasteiger partial charge in [-0.05, 0) is 35.4 Å². The number of hydrogen-bond acceptors (Lipinski definition) is 3. The Morgan fingerprint density at radius 1 is 1.20 bits per heavy atom. The molecule has 0 saturated heterocycles. The average molecular weight is 264 g/mol. The Balaban J connectivity index is 2.25. The van der Waals surface area contributed by atoms with Gasteiger partial charge in [0.25, 0.3) is 5.91 Å². The fourth-order valence-corrected chi connectivity index (χ4v) is 2.49. The minimum Gasteiger partial charge on any atom is -0.496 e. The van der Waals surface area contributed by atoms with Crippen LogP contribution in [0.15, 0.2) is 36.4 Å². The Morgan fingerprint density at radius 3 is 2.75 bits per heavy atom. The number of methoxy groups -OCH3 is 1. The zero-order valence-corrected chi connectivity index (χ0v) is 10.9. The fourth-order valence-electron chi connectivity index (χ4n) is 2.49. The van der Waals surface area contributed by atoms with Gasteiger partial charge in [-0.25, -0.2) is 0 Å². The first-order valence-electron chi connectivity index (χ1n) is 6.23. The third-order valence-corrected chi connectivity index (χ3v) is 3.47. The molecule has 1 aliphatic rings. The Labute approximate surface area is 116 Å². The minimum absolute atomic E-state index is 0.0581. The van der Waals surface area contributed by atoms with E-state index in [1.165, 1.54) is 0 Å². The van der Waals surface area contributed by atoms with E-state index in [1.807, 2.05) is 18.2 Å². The van der Waals surface area contributed by atoms with E-state index in [2.05, 4.69) is 11.4 Å². The molecule has 0 spiro atoms. The second-order valence-electron chi connectivity index (χ2n) is 4.54. The molecule has 20 heavy (non-hydrogen) atoms. The maximum absolute atomic E-state index is 11.7. The lowest BCUT2D eigenvalue weighted by atomic mass is 9.95. The van der Waals surface area contributed by atoms with E-state index in [0.717, 1.165) is 16.7 Å². The number of carbonyl (C=O) groups is 1. The van der Waals surface area contributed by atoms with Crippen LogP contribution in [0.3, 0.4) is 0 Å². The lowest BCUT2D eigenvalue weighted by Gasteiger charge is -2.12. The Hall–Kier alpha value is -2.80. The molecule has 1 heterocycles.